The summed E-state index contributed by atoms with van der Waals surface area (Å²) in [7, 11) is 0. The smallest absolute Gasteiger partial charge is 0.0647 e. The van der Waals surface area contributed by atoms with Crippen LogP contribution in [0.1, 0.15) is 39.6 Å². The molecule has 0 aromatic heterocycles. The van der Waals surface area contributed by atoms with Crippen molar-refractivity contribution in [3.05, 3.63) is 70.3 Å². The highest BCUT2D eigenvalue weighted by Gasteiger charge is 2.13. The molecule has 0 spiro atoms. The molecule has 18 heavy (non-hydrogen) atoms. The molecule has 2 aromatic carbocycles. The lowest BCUT2D eigenvalue weighted by atomic mass is 9.96. The van der Waals surface area contributed by atoms with Gasteiger partial charge in [-0.25, -0.2) is 0 Å². The second-order valence-electron chi connectivity index (χ2n) is 4.76. The molecule has 0 radical (unpaired) electrons. The maximum Gasteiger partial charge on any atom is 0.0647 e. The third-order valence-corrected chi connectivity index (χ3v) is 4.55. The molecule has 0 aliphatic carbocycles. The predicted octanol–water partition coefficient (Wildman–Crippen LogP) is 5.35. The van der Waals surface area contributed by atoms with E-state index >= 15 is 0 Å². The van der Waals surface area contributed by atoms with Crippen LogP contribution in [0.2, 0.25) is 0 Å². The molecule has 0 amide bonds. The van der Waals surface area contributed by atoms with E-state index in [4.69, 9.17) is 0 Å². The SMILES string of the molecule is CCc1ccccc1C(Br)c1ccc(C)c(C)c1. The fraction of sp³-hybridized carbons (Fsp3) is 0.294. The van der Waals surface area contributed by atoms with Gasteiger partial charge >= 0.3 is 0 Å². The Morgan fingerprint density at radius 2 is 1.72 bits per heavy atom. The second kappa shape index (κ2) is 5.71. The highest BCUT2D eigenvalue weighted by Crippen LogP contribution is 2.33. The highest BCUT2D eigenvalue weighted by molar-refractivity contribution is 9.09. The third-order valence-electron chi connectivity index (χ3n) is 3.53. The Morgan fingerprint density at radius 1 is 1.00 bits per heavy atom. The molecule has 0 saturated heterocycles. The minimum absolute atomic E-state index is 0.285. The van der Waals surface area contributed by atoms with Crippen LogP contribution in [0.25, 0.3) is 0 Å². The summed E-state index contributed by atoms with van der Waals surface area (Å²) in [6.45, 7) is 6.53. The summed E-state index contributed by atoms with van der Waals surface area (Å²) in [6, 6.07) is 15.4. The van der Waals surface area contributed by atoms with Crippen molar-refractivity contribution in [2.75, 3.05) is 0 Å². The number of hydrogen-bond acceptors (Lipinski definition) is 0. The Bertz CT molecular complexity index is 543. The second-order valence-corrected chi connectivity index (χ2v) is 5.67. The van der Waals surface area contributed by atoms with Crippen LogP contribution in [0.5, 0.6) is 0 Å². The Kier molecular flexibility index (Phi) is 4.23. The Morgan fingerprint density at radius 3 is 2.39 bits per heavy atom. The summed E-state index contributed by atoms with van der Waals surface area (Å²) >= 11 is 3.84. The predicted molar refractivity (Wildman–Crippen MR) is 82.5 cm³/mol. The van der Waals surface area contributed by atoms with Crippen LogP contribution in [0.4, 0.5) is 0 Å². The molecule has 0 aliphatic rings. The number of benzene rings is 2. The van der Waals surface area contributed by atoms with Crippen LogP contribution in [0.15, 0.2) is 42.5 Å². The molecule has 0 heterocycles. The zero-order chi connectivity index (χ0) is 13.1. The summed E-state index contributed by atoms with van der Waals surface area (Å²) in [5.41, 5.74) is 6.83. The molecule has 1 heteroatoms. The maximum absolute atomic E-state index is 3.84. The van der Waals surface area contributed by atoms with E-state index in [1.165, 1.54) is 27.8 Å². The van der Waals surface area contributed by atoms with Gasteiger partial charge in [0.15, 0.2) is 0 Å². The summed E-state index contributed by atoms with van der Waals surface area (Å²) in [5.74, 6) is 0. The molecule has 2 rings (SSSR count). The van der Waals surface area contributed by atoms with Gasteiger partial charge in [-0.05, 0) is 48.1 Å². The first-order valence-corrected chi connectivity index (χ1v) is 7.34. The minimum atomic E-state index is 0.285. The van der Waals surface area contributed by atoms with Crippen LogP contribution in [-0.4, -0.2) is 0 Å². The van der Waals surface area contributed by atoms with E-state index in [9.17, 15) is 0 Å². The average Bonchev–Trinajstić information content (AvgIpc) is 2.41. The maximum atomic E-state index is 3.84. The molecule has 1 unspecified atom stereocenters. The molecule has 2 aromatic rings. The van der Waals surface area contributed by atoms with Crippen molar-refractivity contribution >= 4 is 15.9 Å². The lowest BCUT2D eigenvalue weighted by molar-refractivity contribution is 1.05. The number of rotatable bonds is 3. The van der Waals surface area contributed by atoms with Crippen LogP contribution < -0.4 is 0 Å². The lowest BCUT2D eigenvalue weighted by Crippen LogP contribution is -1.98. The largest absolute Gasteiger partial charge is 0.0786 e. The molecule has 0 N–H and O–H groups in total. The summed E-state index contributed by atoms with van der Waals surface area (Å²) in [4.78, 5) is 0.285. The van der Waals surface area contributed by atoms with E-state index < -0.39 is 0 Å². The van der Waals surface area contributed by atoms with Crippen LogP contribution in [0.3, 0.4) is 0 Å². The first-order valence-electron chi connectivity index (χ1n) is 6.42. The quantitative estimate of drug-likeness (QED) is 0.670. The molecule has 0 nitrogen and oxygen atoms in total. The summed E-state index contributed by atoms with van der Waals surface area (Å²) in [5, 5.41) is 0. The van der Waals surface area contributed by atoms with Gasteiger partial charge in [0.05, 0.1) is 4.83 Å². The zero-order valence-corrected chi connectivity index (χ0v) is 12.8. The molecular formula is C17H19Br. The first-order chi connectivity index (χ1) is 8.63. The van der Waals surface area contributed by atoms with Crippen molar-refractivity contribution in [3.63, 3.8) is 0 Å². The van der Waals surface area contributed by atoms with Gasteiger partial charge in [-0.1, -0.05) is 65.3 Å². The first kappa shape index (κ1) is 13.4. The van der Waals surface area contributed by atoms with Gasteiger partial charge in [-0.15, -0.1) is 0 Å². The fourth-order valence-electron chi connectivity index (χ4n) is 2.21. The Balaban J connectivity index is 2.41. The molecule has 0 aliphatic heterocycles. The van der Waals surface area contributed by atoms with Gasteiger partial charge in [0.25, 0.3) is 0 Å². The van der Waals surface area contributed by atoms with E-state index in [1.807, 2.05) is 0 Å². The van der Waals surface area contributed by atoms with E-state index in [-0.39, 0.29) is 4.83 Å². The molecule has 1 atom stereocenters. The molecule has 94 valence electrons. The van der Waals surface area contributed by atoms with Gasteiger partial charge in [0.1, 0.15) is 0 Å². The average molecular weight is 303 g/mol. The van der Waals surface area contributed by atoms with Gasteiger partial charge < -0.3 is 0 Å². The van der Waals surface area contributed by atoms with Gasteiger partial charge in [-0.2, -0.15) is 0 Å². The van der Waals surface area contributed by atoms with E-state index in [1.54, 1.807) is 0 Å². The monoisotopic (exact) mass is 302 g/mol. The van der Waals surface area contributed by atoms with E-state index in [0.717, 1.165) is 6.42 Å². The van der Waals surface area contributed by atoms with Crippen molar-refractivity contribution in [2.45, 2.75) is 32.0 Å². The van der Waals surface area contributed by atoms with Crippen LogP contribution >= 0.6 is 15.9 Å². The van der Waals surface area contributed by atoms with Gasteiger partial charge in [0, 0.05) is 0 Å². The van der Waals surface area contributed by atoms with Crippen LogP contribution in [0, 0.1) is 13.8 Å². The van der Waals surface area contributed by atoms with Crippen molar-refractivity contribution in [1.29, 1.82) is 0 Å². The van der Waals surface area contributed by atoms with E-state index in [2.05, 4.69) is 79.2 Å². The van der Waals surface area contributed by atoms with Gasteiger partial charge in [0.2, 0.25) is 0 Å². The van der Waals surface area contributed by atoms with Crippen molar-refractivity contribution in [1.82, 2.24) is 0 Å². The fourth-order valence-corrected chi connectivity index (χ4v) is 2.94. The molecule has 0 saturated carbocycles. The number of halogens is 1. The highest BCUT2D eigenvalue weighted by atomic mass is 79.9. The summed E-state index contributed by atoms with van der Waals surface area (Å²) < 4.78 is 0. The van der Waals surface area contributed by atoms with Gasteiger partial charge in [-0.3, -0.25) is 0 Å². The van der Waals surface area contributed by atoms with Crippen molar-refractivity contribution in [3.8, 4) is 0 Å². The normalized spacial score (nSPS) is 12.4. The summed E-state index contributed by atoms with van der Waals surface area (Å²) in [6.07, 6.45) is 1.07. The number of aryl methyl sites for hydroxylation is 3. The Labute approximate surface area is 118 Å². The third kappa shape index (κ3) is 2.67. The van der Waals surface area contributed by atoms with Crippen LogP contribution in [-0.2, 0) is 6.42 Å². The molecule has 0 bridgehead atoms. The standard InChI is InChI=1S/C17H19Br/c1-4-14-7-5-6-8-16(14)17(18)15-10-9-12(2)13(3)11-15/h5-11,17H,4H2,1-3H3. The molecular weight excluding hydrogens is 284 g/mol. The van der Waals surface area contributed by atoms with E-state index in [0.29, 0.717) is 0 Å². The lowest BCUT2D eigenvalue weighted by Gasteiger charge is -2.16. The zero-order valence-electron chi connectivity index (χ0n) is 11.2. The minimum Gasteiger partial charge on any atom is -0.0786 e. The topological polar surface area (TPSA) is 0 Å². The molecule has 0 fully saturated rings. The number of hydrogen-bond donors (Lipinski definition) is 0. The van der Waals surface area contributed by atoms with Crippen molar-refractivity contribution in [2.24, 2.45) is 0 Å². The Hall–Kier alpha value is -1.08. The number of alkyl halides is 1. The van der Waals surface area contributed by atoms with Crippen molar-refractivity contribution < 1.29 is 0 Å².